The van der Waals surface area contributed by atoms with E-state index >= 15 is 0 Å². The summed E-state index contributed by atoms with van der Waals surface area (Å²) in [6, 6.07) is 0. The number of carbonyl (C=O) groups is 1. The Morgan fingerprint density at radius 1 is 1.67 bits per heavy atom. The minimum Gasteiger partial charge on any atom is -0.449 e. The molecule has 0 aromatic heterocycles. The number of esters is 1. The van der Waals surface area contributed by atoms with E-state index in [0.717, 1.165) is 0 Å². The van der Waals surface area contributed by atoms with Crippen LogP contribution in [0, 0.1) is 6.57 Å². The minimum absolute atomic E-state index is 0.308. The lowest BCUT2D eigenvalue weighted by molar-refractivity contribution is -0.142. The predicted molar refractivity (Wildman–Crippen MR) is 41.9 cm³/mol. The third kappa shape index (κ3) is 0.928. The number of nitrogens with zero attached hydrogens (tertiary/aromatic N) is 1. The normalized spacial score (nSPS) is 31.9. The quantitative estimate of drug-likeness (QED) is 0.397. The van der Waals surface area contributed by atoms with Crippen molar-refractivity contribution < 1.29 is 9.53 Å². The lowest BCUT2D eigenvalue weighted by atomic mass is 10.1. The highest BCUT2D eigenvalue weighted by molar-refractivity contribution is 5.85. The highest BCUT2D eigenvalue weighted by Crippen LogP contribution is 2.36. The number of rotatable bonds is 0. The Bertz CT molecular complexity index is 335. The lowest BCUT2D eigenvalue weighted by Gasteiger charge is -2.17. The van der Waals surface area contributed by atoms with E-state index in [1.54, 1.807) is 12.2 Å². The molecule has 1 atom stereocenters. The van der Waals surface area contributed by atoms with E-state index in [0.29, 0.717) is 18.5 Å². The molecule has 0 fully saturated rings. The fourth-order valence-electron chi connectivity index (χ4n) is 1.51. The van der Waals surface area contributed by atoms with Gasteiger partial charge in [-0.15, -0.1) is 0 Å². The monoisotopic (exact) mass is 161 g/mol. The van der Waals surface area contributed by atoms with Gasteiger partial charge in [0.25, 0.3) is 0 Å². The highest BCUT2D eigenvalue weighted by atomic mass is 16.6. The summed E-state index contributed by atoms with van der Waals surface area (Å²) >= 11 is 0. The molecule has 0 bridgehead atoms. The fourth-order valence-corrected chi connectivity index (χ4v) is 1.51. The Hall–Kier alpha value is -1.56. The molecule has 3 heteroatoms. The zero-order valence-electron chi connectivity index (χ0n) is 6.41. The maximum atomic E-state index is 10.8. The van der Waals surface area contributed by atoms with Gasteiger partial charge in [-0.2, -0.15) is 0 Å². The van der Waals surface area contributed by atoms with Crippen LogP contribution in [0.5, 0.6) is 0 Å². The topological polar surface area (TPSA) is 30.7 Å². The number of hydrogen-bond acceptors (Lipinski definition) is 2. The Labute approximate surface area is 70.1 Å². The van der Waals surface area contributed by atoms with Crippen molar-refractivity contribution in [2.75, 3.05) is 0 Å². The van der Waals surface area contributed by atoms with Crippen LogP contribution in [0.15, 0.2) is 23.9 Å². The van der Waals surface area contributed by atoms with Crippen molar-refractivity contribution in [1.29, 1.82) is 0 Å². The van der Waals surface area contributed by atoms with Crippen molar-refractivity contribution in [3.05, 3.63) is 35.3 Å². The van der Waals surface area contributed by atoms with E-state index in [1.807, 2.05) is 0 Å². The molecule has 2 aliphatic rings. The Morgan fingerprint density at radius 3 is 3.00 bits per heavy atom. The van der Waals surface area contributed by atoms with Crippen LogP contribution in [-0.4, -0.2) is 11.6 Å². The molecule has 1 aliphatic carbocycles. The molecule has 0 amide bonds. The van der Waals surface area contributed by atoms with Crippen molar-refractivity contribution in [1.82, 2.24) is 0 Å². The van der Waals surface area contributed by atoms with Gasteiger partial charge in [-0.3, -0.25) is 0 Å². The Morgan fingerprint density at radius 2 is 2.50 bits per heavy atom. The van der Waals surface area contributed by atoms with Gasteiger partial charge in [0.2, 0.25) is 0 Å². The van der Waals surface area contributed by atoms with Gasteiger partial charge in [0.05, 0.1) is 6.57 Å². The standard InChI is InChI=1S/C9H7NO2/c1-10-7-2-4-9(6-7)5-3-8(11)12-9/h3,5-6H,2,4H2. The number of carbonyl (C=O) groups excluding carboxylic acids is 1. The molecule has 0 N–H and O–H groups in total. The van der Waals surface area contributed by atoms with Crippen molar-refractivity contribution >= 4 is 5.97 Å². The molecule has 3 nitrogen and oxygen atoms in total. The molecule has 0 saturated heterocycles. The Kier molecular flexibility index (Phi) is 1.31. The van der Waals surface area contributed by atoms with E-state index in [-0.39, 0.29) is 5.97 Å². The third-order valence-corrected chi connectivity index (χ3v) is 2.12. The molecule has 1 unspecified atom stereocenters. The summed E-state index contributed by atoms with van der Waals surface area (Å²) in [5.74, 6) is -0.308. The summed E-state index contributed by atoms with van der Waals surface area (Å²) in [5, 5.41) is 0. The van der Waals surface area contributed by atoms with Crippen LogP contribution in [-0.2, 0) is 9.53 Å². The molecule has 1 aliphatic heterocycles. The first kappa shape index (κ1) is 7.11. The summed E-state index contributed by atoms with van der Waals surface area (Å²) < 4.78 is 5.07. The van der Waals surface area contributed by atoms with Crippen LogP contribution in [0.1, 0.15) is 12.8 Å². The first-order valence-corrected chi connectivity index (χ1v) is 3.75. The third-order valence-electron chi connectivity index (χ3n) is 2.12. The zero-order valence-corrected chi connectivity index (χ0v) is 6.41. The molecule has 2 rings (SSSR count). The van der Waals surface area contributed by atoms with Gasteiger partial charge >= 0.3 is 5.97 Å². The van der Waals surface area contributed by atoms with E-state index < -0.39 is 5.60 Å². The molecule has 12 heavy (non-hydrogen) atoms. The molecule has 1 spiro atoms. The van der Waals surface area contributed by atoms with Crippen molar-refractivity contribution in [3.63, 3.8) is 0 Å². The van der Waals surface area contributed by atoms with Gasteiger partial charge in [-0.25, -0.2) is 9.64 Å². The van der Waals surface area contributed by atoms with Crippen molar-refractivity contribution in [3.8, 4) is 0 Å². The SMILES string of the molecule is [C-]#[N+]C1=CC2(C=CC(=O)O2)CC1. The number of ether oxygens (including phenoxy) is 1. The van der Waals surface area contributed by atoms with Crippen LogP contribution < -0.4 is 0 Å². The largest absolute Gasteiger partial charge is 0.449 e. The second kappa shape index (κ2) is 2.21. The second-order valence-corrected chi connectivity index (χ2v) is 2.96. The maximum absolute atomic E-state index is 10.8. The number of allylic oxidation sites excluding steroid dienone is 1. The van der Waals surface area contributed by atoms with Gasteiger partial charge in [0.15, 0.2) is 5.70 Å². The number of hydrogen-bond donors (Lipinski definition) is 0. The Balaban J connectivity index is 2.28. The smallest absolute Gasteiger partial charge is 0.331 e. The van der Waals surface area contributed by atoms with Gasteiger partial charge in [-0.05, 0) is 25.0 Å². The summed E-state index contributed by atoms with van der Waals surface area (Å²) in [6.45, 7) is 6.79. The first-order valence-electron chi connectivity index (χ1n) is 3.75. The van der Waals surface area contributed by atoms with Crippen LogP contribution in [0.2, 0.25) is 0 Å². The second-order valence-electron chi connectivity index (χ2n) is 2.96. The minimum atomic E-state index is -0.572. The van der Waals surface area contributed by atoms with Crippen molar-refractivity contribution in [2.24, 2.45) is 0 Å². The molecule has 1 heterocycles. The molecular weight excluding hydrogens is 154 g/mol. The average molecular weight is 161 g/mol. The van der Waals surface area contributed by atoms with Crippen LogP contribution >= 0.6 is 0 Å². The summed E-state index contributed by atoms with van der Waals surface area (Å²) in [7, 11) is 0. The van der Waals surface area contributed by atoms with E-state index in [9.17, 15) is 4.79 Å². The van der Waals surface area contributed by atoms with Gasteiger partial charge in [0.1, 0.15) is 5.60 Å². The lowest BCUT2D eigenvalue weighted by Crippen LogP contribution is -2.22. The van der Waals surface area contributed by atoms with E-state index in [4.69, 9.17) is 11.3 Å². The van der Waals surface area contributed by atoms with Crippen LogP contribution in [0.25, 0.3) is 4.85 Å². The van der Waals surface area contributed by atoms with E-state index in [1.165, 1.54) is 6.08 Å². The van der Waals surface area contributed by atoms with Gasteiger partial charge in [-0.1, -0.05) is 0 Å². The van der Waals surface area contributed by atoms with Gasteiger partial charge in [0, 0.05) is 6.08 Å². The molecule has 0 saturated carbocycles. The molecule has 0 aromatic carbocycles. The molecule has 0 aromatic rings. The molecule has 0 radical (unpaired) electrons. The first-order chi connectivity index (χ1) is 5.74. The summed E-state index contributed by atoms with van der Waals surface area (Å²) in [6.07, 6.45) is 6.31. The fraction of sp³-hybridized carbons (Fsp3) is 0.333. The predicted octanol–water partition coefficient (Wildman–Crippen LogP) is 1.44. The molecular formula is C9H7NO2. The maximum Gasteiger partial charge on any atom is 0.331 e. The van der Waals surface area contributed by atoms with Crippen molar-refractivity contribution in [2.45, 2.75) is 18.4 Å². The van der Waals surface area contributed by atoms with E-state index in [2.05, 4.69) is 4.85 Å². The average Bonchev–Trinajstić information content (AvgIpc) is 2.61. The summed E-state index contributed by atoms with van der Waals surface area (Å²) in [4.78, 5) is 14.1. The highest BCUT2D eigenvalue weighted by Gasteiger charge is 2.37. The molecule has 60 valence electrons. The van der Waals surface area contributed by atoms with Crippen LogP contribution in [0.3, 0.4) is 0 Å². The van der Waals surface area contributed by atoms with Crippen LogP contribution in [0.4, 0.5) is 0 Å². The zero-order chi connectivity index (χ0) is 8.60. The summed E-state index contributed by atoms with van der Waals surface area (Å²) in [5.41, 5.74) is 0.117. The van der Waals surface area contributed by atoms with Gasteiger partial charge < -0.3 is 4.74 Å².